The van der Waals surface area contributed by atoms with Crippen LogP contribution in [0.5, 0.6) is 0 Å². The fourth-order valence-electron chi connectivity index (χ4n) is 1.97. The highest BCUT2D eigenvalue weighted by molar-refractivity contribution is 7.10. The maximum atomic E-state index is 12.0. The van der Waals surface area contributed by atoms with Crippen molar-refractivity contribution in [1.82, 2.24) is 9.88 Å². The Morgan fingerprint density at radius 2 is 2.35 bits per heavy atom. The zero-order chi connectivity index (χ0) is 17.0. The molecule has 1 N–H and O–H groups in total. The Bertz CT molecular complexity index is 835. The van der Waals surface area contributed by atoms with Crippen LogP contribution < -0.4 is 10.9 Å². The van der Waals surface area contributed by atoms with E-state index >= 15 is 0 Å². The average Bonchev–Trinajstić information content (AvgIpc) is 3.03. The lowest BCUT2D eigenvalue weighted by Gasteiger charge is -2.13. The summed E-state index contributed by atoms with van der Waals surface area (Å²) < 4.78 is 0.868. The molecule has 1 amide bonds. The Kier molecular flexibility index (Phi) is 4.88. The Hall–Kier alpha value is -2.99. The van der Waals surface area contributed by atoms with Crippen molar-refractivity contribution in [2.45, 2.75) is 19.5 Å². The molecule has 118 valence electrons. The monoisotopic (exact) mass is 332 g/mol. The van der Waals surface area contributed by atoms with Crippen LogP contribution in [0, 0.1) is 21.4 Å². The molecular weight excluding hydrogens is 320 g/mol. The first-order valence-corrected chi connectivity index (χ1v) is 7.42. The van der Waals surface area contributed by atoms with Crippen molar-refractivity contribution in [3.8, 4) is 6.07 Å². The Morgan fingerprint density at radius 1 is 1.61 bits per heavy atom. The van der Waals surface area contributed by atoms with Gasteiger partial charge in [-0.3, -0.25) is 24.3 Å². The summed E-state index contributed by atoms with van der Waals surface area (Å²) in [5, 5.41) is 24.3. The molecule has 0 spiro atoms. The van der Waals surface area contributed by atoms with Gasteiger partial charge in [-0.15, -0.1) is 11.3 Å². The van der Waals surface area contributed by atoms with Gasteiger partial charge in [0.2, 0.25) is 5.91 Å². The molecule has 0 aliphatic carbocycles. The topological polar surface area (TPSA) is 118 Å². The molecule has 2 aromatic heterocycles. The quantitative estimate of drug-likeness (QED) is 0.658. The van der Waals surface area contributed by atoms with Crippen molar-refractivity contribution in [1.29, 1.82) is 5.26 Å². The van der Waals surface area contributed by atoms with Gasteiger partial charge in [0.1, 0.15) is 18.2 Å². The number of aromatic nitrogens is 1. The van der Waals surface area contributed by atoms with E-state index in [1.54, 1.807) is 13.0 Å². The molecule has 2 heterocycles. The number of thiophene rings is 1. The molecule has 0 saturated carbocycles. The number of carbonyl (C=O) groups excluding carboxylic acids is 1. The second-order valence-corrected chi connectivity index (χ2v) is 5.70. The second-order valence-electron chi connectivity index (χ2n) is 4.72. The van der Waals surface area contributed by atoms with Crippen molar-refractivity contribution >= 4 is 22.9 Å². The molecule has 0 unspecified atom stereocenters. The smallest absolute Gasteiger partial charge is 0.287 e. The van der Waals surface area contributed by atoms with E-state index in [-0.39, 0.29) is 11.6 Å². The van der Waals surface area contributed by atoms with E-state index < -0.39 is 28.6 Å². The third-order valence-corrected chi connectivity index (χ3v) is 4.12. The number of nitro groups is 1. The number of carbonyl (C=O) groups is 1. The van der Waals surface area contributed by atoms with Gasteiger partial charge in [0.15, 0.2) is 0 Å². The number of pyridine rings is 1. The maximum Gasteiger partial charge on any atom is 0.287 e. The summed E-state index contributed by atoms with van der Waals surface area (Å²) in [6.45, 7) is 1.39. The number of amides is 1. The first-order valence-electron chi connectivity index (χ1n) is 6.54. The molecule has 0 saturated heterocycles. The number of nitrogens with zero attached hydrogens (tertiary/aromatic N) is 3. The van der Waals surface area contributed by atoms with E-state index in [0.717, 1.165) is 21.7 Å². The third kappa shape index (κ3) is 3.81. The van der Waals surface area contributed by atoms with Crippen LogP contribution in [-0.2, 0) is 11.3 Å². The molecule has 8 nitrogen and oxygen atoms in total. The Labute approximate surface area is 134 Å². The highest BCUT2D eigenvalue weighted by Crippen LogP contribution is 2.18. The molecule has 0 radical (unpaired) electrons. The highest BCUT2D eigenvalue weighted by atomic mass is 32.1. The van der Waals surface area contributed by atoms with Crippen molar-refractivity contribution in [3.05, 3.63) is 60.7 Å². The normalized spacial score (nSPS) is 11.5. The summed E-state index contributed by atoms with van der Waals surface area (Å²) in [6, 6.07) is 5.97. The summed E-state index contributed by atoms with van der Waals surface area (Å²) in [4.78, 5) is 35.1. The van der Waals surface area contributed by atoms with E-state index in [1.165, 1.54) is 11.3 Å². The predicted octanol–water partition coefficient (Wildman–Crippen LogP) is 1.57. The Morgan fingerprint density at radius 3 is 2.91 bits per heavy atom. The number of nitriles is 1. The summed E-state index contributed by atoms with van der Waals surface area (Å²) in [5.74, 6) is -0.475. The van der Waals surface area contributed by atoms with Gasteiger partial charge in [-0.1, -0.05) is 6.07 Å². The van der Waals surface area contributed by atoms with Gasteiger partial charge in [-0.25, -0.2) is 0 Å². The molecule has 0 aromatic carbocycles. The predicted molar refractivity (Wildman–Crippen MR) is 82.9 cm³/mol. The third-order valence-electron chi connectivity index (χ3n) is 3.06. The van der Waals surface area contributed by atoms with Crippen molar-refractivity contribution in [2.75, 3.05) is 0 Å². The second kappa shape index (κ2) is 6.85. The van der Waals surface area contributed by atoms with E-state index in [0.29, 0.717) is 0 Å². The van der Waals surface area contributed by atoms with Crippen LogP contribution in [0.4, 0.5) is 5.69 Å². The number of nitrogens with one attached hydrogen (secondary N) is 1. The number of hydrogen-bond donors (Lipinski definition) is 1. The van der Waals surface area contributed by atoms with Gasteiger partial charge in [0.05, 0.1) is 17.2 Å². The van der Waals surface area contributed by atoms with Gasteiger partial charge in [-0.05, 0) is 18.4 Å². The summed E-state index contributed by atoms with van der Waals surface area (Å²) in [5.41, 5.74) is -1.53. The zero-order valence-corrected chi connectivity index (χ0v) is 12.9. The van der Waals surface area contributed by atoms with Crippen LogP contribution in [0.25, 0.3) is 0 Å². The van der Waals surface area contributed by atoms with Gasteiger partial charge in [-0.2, -0.15) is 5.26 Å². The van der Waals surface area contributed by atoms with Crippen LogP contribution in [0.15, 0.2) is 34.6 Å². The SMILES string of the molecule is C[C@H](NC(=O)Cn1cc([N+](=O)[O-])cc(C#N)c1=O)c1cccs1. The van der Waals surface area contributed by atoms with Crippen LogP contribution in [0.1, 0.15) is 23.4 Å². The molecule has 0 fully saturated rings. The minimum absolute atomic E-state index is 0.243. The lowest BCUT2D eigenvalue weighted by atomic mass is 10.2. The fourth-order valence-corrected chi connectivity index (χ4v) is 2.70. The average molecular weight is 332 g/mol. The summed E-state index contributed by atoms with van der Waals surface area (Å²) in [6.07, 6.45) is 0.957. The highest BCUT2D eigenvalue weighted by Gasteiger charge is 2.17. The molecule has 0 aliphatic rings. The molecule has 0 aliphatic heterocycles. The van der Waals surface area contributed by atoms with Crippen molar-refractivity contribution in [2.24, 2.45) is 0 Å². The first kappa shape index (κ1) is 16.4. The van der Waals surface area contributed by atoms with Crippen molar-refractivity contribution < 1.29 is 9.72 Å². The standard InChI is InChI=1S/C14H12N4O4S/c1-9(12-3-2-4-23-12)16-13(19)8-17-7-11(18(21)22)5-10(6-15)14(17)20/h2-5,7,9H,8H2,1H3,(H,16,19)/t9-/m0/s1. The largest absolute Gasteiger partial charge is 0.347 e. The van der Waals surface area contributed by atoms with Gasteiger partial charge in [0.25, 0.3) is 11.2 Å². The summed E-state index contributed by atoms with van der Waals surface area (Å²) >= 11 is 1.48. The Balaban J connectivity index is 2.21. The molecule has 0 bridgehead atoms. The molecule has 9 heteroatoms. The van der Waals surface area contributed by atoms with Crippen LogP contribution in [0.3, 0.4) is 0 Å². The minimum Gasteiger partial charge on any atom is -0.347 e. The first-order chi connectivity index (χ1) is 10.9. The summed E-state index contributed by atoms with van der Waals surface area (Å²) in [7, 11) is 0. The molecular formula is C14H12N4O4S. The number of rotatable bonds is 5. The van der Waals surface area contributed by atoms with Gasteiger partial charge < -0.3 is 5.32 Å². The molecule has 2 aromatic rings. The van der Waals surface area contributed by atoms with Crippen LogP contribution >= 0.6 is 11.3 Å². The van der Waals surface area contributed by atoms with E-state index in [4.69, 9.17) is 5.26 Å². The number of hydrogen-bond acceptors (Lipinski definition) is 6. The maximum absolute atomic E-state index is 12.0. The fraction of sp³-hybridized carbons (Fsp3) is 0.214. The lowest BCUT2D eigenvalue weighted by Crippen LogP contribution is -2.34. The lowest BCUT2D eigenvalue weighted by molar-refractivity contribution is -0.385. The van der Waals surface area contributed by atoms with Gasteiger partial charge in [0, 0.05) is 10.9 Å². The van der Waals surface area contributed by atoms with Crippen molar-refractivity contribution in [3.63, 3.8) is 0 Å². The van der Waals surface area contributed by atoms with Crippen LogP contribution in [-0.4, -0.2) is 15.4 Å². The molecule has 1 atom stereocenters. The van der Waals surface area contributed by atoms with Crippen LogP contribution in [0.2, 0.25) is 0 Å². The molecule has 2 rings (SSSR count). The minimum atomic E-state index is -0.739. The van der Waals surface area contributed by atoms with E-state index in [1.807, 2.05) is 17.5 Å². The van der Waals surface area contributed by atoms with E-state index in [9.17, 15) is 19.7 Å². The van der Waals surface area contributed by atoms with Gasteiger partial charge >= 0.3 is 0 Å². The van der Waals surface area contributed by atoms with E-state index in [2.05, 4.69) is 5.32 Å². The zero-order valence-electron chi connectivity index (χ0n) is 12.1. The molecule has 23 heavy (non-hydrogen) atoms.